The number of methoxy groups -OCH3 is 2. The number of ether oxygens (including phenoxy) is 2. The molecule has 1 unspecified atom stereocenters. The topological polar surface area (TPSA) is 89.2 Å². The predicted molar refractivity (Wildman–Crippen MR) is 127 cm³/mol. The third kappa shape index (κ3) is 3.21. The molecule has 2 heterocycles. The van der Waals surface area contributed by atoms with Crippen molar-refractivity contribution in [2.24, 2.45) is 0 Å². The average molecular weight is 455 g/mol. The van der Waals surface area contributed by atoms with Crippen LogP contribution in [0.3, 0.4) is 0 Å². The summed E-state index contributed by atoms with van der Waals surface area (Å²) < 4.78 is 16.5. The number of nitrogens with zero attached hydrogens (tertiary/aromatic N) is 1. The van der Waals surface area contributed by atoms with Gasteiger partial charge in [-0.2, -0.15) is 0 Å². The number of aliphatic hydroxyl groups excluding tert-OH is 1. The SMILES string of the molecule is COc1cccc(OC)c1/C(O)=C1\C(=O)C(=O)N(c2cccc3ccccc23)C1c1ccco1. The van der Waals surface area contributed by atoms with Gasteiger partial charge >= 0.3 is 0 Å². The Bertz CT molecular complexity index is 1410. The van der Waals surface area contributed by atoms with E-state index in [0.717, 1.165) is 10.8 Å². The van der Waals surface area contributed by atoms with Gasteiger partial charge in [0, 0.05) is 5.39 Å². The van der Waals surface area contributed by atoms with E-state index in [4.69, 9.17) is 13.9 Å². The van der Waals surface area contributed by atoms with E-state index in [2.05, 4.69) is 0 Å². The third-order valence-corrected chi connectivity index (χ3v) is 5.95. The normalized spacial score (nSPS) is 17.4. The number of carbonyl (C=O) groups excluding carboxylic acids is 2. The van der Waals surface area contributed by atoms with E-state index in [1.54, 1.807) is 36.4 Å². The second-order valence-electron chi connectivity index (χ2n) is 7.72. The molecule has 0 aliphatic carbocycles. The summed E-state index contributed by atoms with van der Waals surface area (Å²) in [6.07, 6.45) is 1.46. The maximum atomic E-state index is 13.4. The summed E-state index contributed by atoms with van der Waals surface area (Å²) in [4.78, 5) is 28.2. The van der Waals surface area contributed by atoms with Gasteiger partial charge in [-0.25, -0.2) is 0 Å². The van der Waals surface area contributed by atoms with Crippen molar-refractivity contribution in [3.05, 3.63) is 96.0 Å². The fourth-order valence-corrected chi connectivity index (χ4v) is 4.43. The van der Waals surface area contributed by atoms with Crippen LogP contribution in [0.25, 0.3) is 16.5 Å². The number of furan rings is 1. The van der Waals surface area contributed by atoms with Gasteiger partial charge in [0.1, 0.15) is 34.6 Å². The van der Waals surface area contributed by atoms with Crippen LogP contribution in [0.15, 0.2) is 89.0 Å². The summed E-state index contributed by atoms with van der Waals surface area (Å²) in [7, 11) is 2.90. The highest BCUT2D eigenvalue weighted by atomic mass is 16.5. The maximum absolute atomic E-state index is 13.4. The molecule has 0 spiro atoms. The molecule has 1 amide bonds. The second kappa shape index (κ2) is 8.44. The number of ketones is 1. The van der Waals surface area contributed by atoms with E-state index >= 15 is 0 Å². The van der Waals surface area contributed by atoms with Crippen molar-refractivity contribution in [2.75, 3.05) is 19.1 Å². The highest BCUT2D eigenvalue weighted by molar-refractivity contribution is 6.52. The molecule has 170 valence electrons. The molecule has 4 aromatic rings. The number of hydrogen-bond donors (Lipinski definition) is 1. The van der Waals surface area contributed by atoms with E-state index in [1.165, 1.54) is 25.4 Å². The predicted octanol–water partition coefficient (Wildman–Crippen LogP) is 5.08. The summed E-state index contributed by atoms with van der Waals surface area (Å²) in [5.41, 5.74) is 0.600. The van der Waals surface area contributed by atoms with Crippen molar-refractivity contribution in [2.45, 2.75) is 6.04 Å². The lowest BCUT2D eigenvalue weighted by Gasteiger charge is -2.25. The highest BCUT2D eigenvalue weighted by Crippen LogP contribution is 2.46. The molecule has 0 radical (unpaired) electrons. The second-order valence-corrected chi connectivity index (χ2v) is 7.72. The molecule has 7 nitrogen and oxygen atoms in total. The molecule has 0 saturated carbocycles. The number of fused-ring (bicyclic) bond motifs is 1. The standard InChI is InChI=1S/C27H21NO6/c1-32-19-12-6-13-20(33-2)22(19)25(29)23-24(21-14-7-15-34-21)28(27(31)26(23)30)18-11-5-9-16-8-3-4-10-17(16)18/h3-15,24,29H,1-2H3/b25-23+. The minimum atomic E-state index is -0.990. The summed E-state index contributed by atoms with van der Waals surface area (Å²) in [5.74, 6) is -1.08. The molecule has 3 aromatic carbocycles. The molecule has 34 heavy (non-hydrogen) atoms. The van der Waals surface area contributed by atoms with Crippen LogP contribution in [0, 0.1) is 0 Å². The van der Waals surface area contributed by atoms with Gasteiger partial charge < -0.3 is 19.0 Å². The molecular weight excluding hydrogens is 434 g/mol. The Morgan fingerprint density at radius 3 is 2.24 bits per heavy atom. The lowest BCUT2D eigenvalue weighted by atomic mass is 9.97. The summed E-state index contributed by atoms with van der Waals surface area (Å²) in [5, 5.41) is 13.2. The first-order valence-electron chi connectivity index (χ1n) is 10.6. The lowest BCUT2D eigenvalue weighted by molar-refractivity contribution is -0.132. The third-order valence-electron chi connectivity index (χ3n) is 5.95. The molecule has 7 heteroatoms. The number of anilines is 1. The van der Waals surface area contributed by atoms with E-state index < -0.39 is 23.5 Å². The zero-order chi connectivity index (χ0) is 23.8. The van der Waals surface area contributed by atoms with Crippen LogP contribution >= 0.6 is 0 Å². The van der Waals surface area contributed by atoms with Gasteiger partial charge in [0.05, 0.1) is 31.7 Å². The fourth-order valence-electron chi connectivity index (χ4n) is 4.43. The maximum Gasteiger partial charge on any atom is 0.300 e. The van der Waals surface area contributed by atoms with Crippen molar-refractivity contribution in [3.8, 4) is 11.5 Å². The largest absolute Gasteiger partial charge is 0.506 e. The Hall–Kier alpha value is -4.52. The first kappa shape index (κ1) is 21.3. The quantitative estimate of drug-likeness (QED) is 0.257. The summed E-state index contributed by atoms with van der Waals surface area (Å²) in [6, 6.07) is 20.4. The smallest absolute Gasteiger partial charge is 0.300 e. The summed E-state index contributed by atoms with van der Waals surface area (Å²) in [6.45, 7) is 0. The molecule has 1 aliphatic heterocycles. The van der Waals surface area contributed by atoms with E-state index in [-0.39, 0.29) is 11.1 Å². The molecular formula is C27H21NO6. The molecule has 1 N–H and O–H groups in total. The zero-order valence-electron chi connectivity index (χ0n) is 18.5. The van der Waals surface area contributed by atoms with Gasteiger partial charge in [0.25, 0.3) is 11.7 Å². The van der Waals surface area contributed by atoms with Crippen LogP contribution in [-0.4, -0.2) is 31.0 Å². The number of rotatable bonds is 5. The van der Waals surface area contributed by atoms with Crippen LogP contribution in [0.1, 0.15) is 17.4 Å². The number of carbonyl (C=O) groups is 2. The number of aliphatic hydroxyl groups is 1. The number of hydrogen-bond acceptors (Lipinski definition) is 6. The van der Waals surface area contributed by atoms with Gasteiger partial charge in [-0.3, -0.25) is 14.5 Å². The van der Waals surface area contributed by atoms with Crippen molar-refractivity contribution in [1.29, 1.82) is 0 Å². The van der Waals surface area contributed by atoms with Crippen LogP contribution in [0.2, 0.25) is 0 Å². The van der Waals surface area contributed by atoms with Crippen LogP contribution in [0.4, 0.5) is 5.69 Å². The monoisotopic (exact) mass is 455 g/mol. The summed E-state index contributed by atoms with van der Waals surface area (Å²) >= 11 is 0. The van der Waals surface area contributed by atoms with E-state index in [1.807, 2.05) is 36.4 Å². The van der Waals surface area contributed by atoms with Crippen molar-refractivity contribution < 1.29 is 28.6 Å². The minimum absolute atomic E-state index is 0.115. The highest BCUT2D eigenvalue weighted by Gasteiger charge is 2.49. The lowest BCUT2D eigenvalue weighted by Crippen LogP contribution is -2.29. The van der Waals surface area contributed by atoms with Crippen LogP contribution in [0.5, 0.6) is 11.5 Å². The first-order valence-corrected chi connectivity index (χ1v) is 10.6. The Kier molecular flexibility index (Phi) is 5.30. The van der Waals surface area contributed by atoms with Gasteiger partial charge in [-0.15, -0.1) is 0 Å². The molecule has 0 bridgehead atoms. The Labute approximate surface area is 195 Å². The van der Waals surface area contributed by atoms with E-state index in [9.17, 15) is 14.7 Å². The van der Waals surface area contributed by atoms with Crippen LogP contribution in [-0.2, 0) is 9.59 Å². The van der Waals surface area contributed by atoms with Gasteiger partial charge in [0.15, 0.2) is 0 Å². The number of Topliss-reactive ketones (excluding diaryl/α,β-unsaturated/α-hetero) is 1. The fraction of sp³-hybridized carbons (Fsp3) is 0.111. The Morgan fingerprint density at radius 2 is 1.56 bits per heavy atom. The first-order chi connectivity index (χ1) is 16.6. The zero-order valence-corrected chi connectivity index (χ0v) is 18.5. The number of benzene rings is 3. The van der Waals surface area contributed by atoms with Crippen molar-refractivity contribution in [3.63, 3.8) is 0 Å². The van der Waals surface area contributed by atoms with Crippen molar-refractivity contribution >= 4 is 33.9 Å². The molecule has 1 aromatic heterocycles. The molecule has 1 aliphatic rings. The van der Waals surface area contributed by atoms with Crippen molar-refractivity contribution in [1.82, 2.24) is 0 Å². The van der Waals surface area contributed by atoms with Gasteiger partial charge in [-0.1, -0.05) is 42.5 Å². The van der Waals surface area contributed by atoms with Gasteiger partial charge in [-0.05, 0) is 35.7 Å². The molecule has 5 rings (SSSR count). The van der Waals surface area contributed by atoms with Gasteiger partial charge in [0.2, 0.25) is 0 Å². The molecule has 1 saturated heterocycles. The minimum Gasteiger partial charge on any atom is -0.506 e. The Balaban J connectivity index is 1.80. The molecule has 1 fully saturated rings. The van der Waals surface area contributed by atoms with E-state index in [0.29, 0.717) is 22.9 Å². The number of amides is 1. The molecule has 1 atom stereocenters. The Morgan fingerprint density at radius 1 is 0.882 bits per heavy atom. The van der Waals surface area contributed by atoms with Crippen LogP contribution < -0.4 is 14.4 Å². The average Bonchev–Trinajstić information content (AvgIpc) is 3.49.